The first-order valence-electron chi connectivity index (χ1n) is 7.97. The van der Waals surface area contributed by atoms with Gasteiger partial charge in [0.2, 0.25) is 5.91 Å². The molecule has 3 nitrogen and oxygen atoms in total. The first-order chi connectivity index (χ1) is 10.6. The molecule has 0 unspecified atom stereocenters. The van der Waals surface area contributed by atoms with Crippen LogP contribution in [0.1, 0.15) is 44.1 Å². The fourth-order valence-electron chi connectivity index (χ4n) is 2.67. The smallest absolute Gasteiger partial charge is 0.220 e. The van der Waals surface area contributed by atoms with Crippen LogP contribution in [0.2, 0.25) is 10.0 Å². The molecule has 0 saturated heterocycles. The Morgan fingerprint density at radius 2 is 2.05 bits per heavy atom. The Labute approximate surface area is 142 Å². The van der Waals surface area contributed by atoms with Crippen LogP contribution in [0.4, 0.5) is 0 Å². The van der Waals surface area contributed by atoms with Crippen molar-refractivity contribution in [2.45, 2.75) is 51.0 Å². The van der Waals surface area contributed by atoms with Gasteiger partial charge >= 0.3 is 0 Å². The number of nitrogens with one attached hydrogen (secondary N) is 1. The Balaban J connectivity index is 1.55. The van der Waals surface area contributed by atoms with E-state index in [1.807, 2.05) is 6.07 Å². The van der Waals surface area contributed by atoms with E-state index in [-0.39, 0.29) is 5.91 Å². The number of ether oxygens (including phenoxy) is 1. The number of hydrogen-bond acceptors (Lipinski definition) is 2. The zero-order valence-corrected chi connectivity index (χ0v) is 14.3. The van der Waals surface area contributed by atoms with Crippen molar-refractivity contribution in [3.8, 4) is 0 Å². The monoisotopic (exact) mass is 343 g/mol. The number of halogens is 2. The van der Waals surface area contributed by atoms with Gasteiger partial charge in [0.15, 0.2) is 0 Å². The molecule has 1 fully saturated rings. The van der Waals surface area contributed by atoms with Crippen molar-refractivity contribution in [1.82, 2.24) is 5.32 Å². The lowest BCUT2D eigenvalue weighted by molar-refractivity contribution is -0.121. The first-order valence-corrected chi connectivity index (χ1v) is 8.73. The van der Waals surface area contributed by atoms with Gasteiger partial charge in [-0.05, 0) is 43.4 Å². The summed E-state index contributed by atoms with van der Waals surface area (Å²) < 4.78 is 5.76. The summed E-state index contributed by atoms with van der Waals surface area (Å²) in [4.78, 5) is 11.8. The summed E-state index contributed by atoms with van der Waals surface area (Å²) in [7, 11) is 0. The minimum Gasteiger partial charge on any atom is -0.378 e. The summed E-state index contributed by atoms with van der Waals surface area (Å²) in [6.07, 6.45) is 7.32. The summed E-state index contributed by atoms with van der Waals surface area (Å²) in [6.45, 7) is 1.40. The molecule has 1 amide bonds. The molecule has 1 aromatic rings. The molecular formula is C17H23Cl2NO2. The topological polar surface area (TPSA) is 38.3 Å². The van der Waals surface area contributed by atoms with E-state index in [2.05, 4.69) is 5.32 Å². The van der Waals surface area contributed by atoms with Crippen LogP contribution in [0.3, 0.4) is 0 Å². The lowest BCUT2D eigenvalue weighted by atomic mass is 10.1. The Kier molecular flexibility index (Phi) is 7.50. The van der Waals surface area contributed by atoms with Crippen LogP contribution in [-0.4, -0.2) is 25.2 Å². The van der Waals surface area contributed by atoms with Gasteiger partial charge in [0.05, 0.1) is 6.10 Å². The second-order valence-corrected chi connectivity index (χ2v) is 6.56. The molecule has 1 N–H and O–H groups in total. The molecule has 0 bridgehead atoms. The van der Waals surface area contributed by atoms with Crippen molar-refractivity contribution in [3.63, 3.8) is 0 Å². The molecule has 1 aliphatic rings. The van der Waals surface area contributed by atoms with Crippen molar-refractivity contribution in [3.05, 3.63) is 33.8 Å². The molecule has 2 rings (SSSR count). The SMILES string of the molecule is O=C(CCc1ccc(Cl)cc1Cl)NCCCOC1CCCC1. The summed E-state index contributed by atoms with van der Waals surface area (Å²) in [5.41, 5.74) is 0.950. The summed E-state index contributed by atoms with van der Waals surface area (Å²) in [5.74, 6) is 0.0480. The van der Waals surface area contributed by atoms with Crippen LogP contribution >= 0.6 is 23.2 Å². The summed E-state index contributed by atoms with van der Waals surface area (Å²) in [6, 6.07) is 5.37. The largest absolute Gasteiger partial charge is 0.378 e. The highest BCUT2D eigenvalue weighted by Gasteiger charge is 2.14. The van der Waals surface area contributed by atoms with E-state index in [0.717, 1.165) is 18.6 Å². The average Bonchev–Trinajstić information content (AvgIpc) is 2.99. The molecule has 0 atom stereocenters. The lowest BCUT2D eigenvalue weighted by Crippen LogP contribution is -2.26. The van der Waals surface area contributed by atoms with Gasteiger partial charge in [0.1, 0.15) is 0 Å². The van der Waals surface area contributed by atoms with Crippen molar-refractivity contribution in [1.29, 1.82) is 0 Å². The number of carbonyl (C=O) groups excluding carboxylic acids is 1. The molecule has 122 valence electrons. The van der Waals surface area contributed by atoms with E-state index >= 15 is 0 Å². The Morgan fingerprint density at radius 3 is 2.77 bits per heavy atom. The Bertz CT molecular complexity index is 488. The van der Waals surface area contributed by atoms with Crippen LogP contribution in [0, 0.1) is 0 Å². The van der Waals surface area contributed by atoms with E-state index in [9.17, 15) is 4.79 Å². The van der Waals surface area contributed by atoms with E-state index in [1.165, 1.54) is 25.7 Å². The predicted octanol–water partition coefficient (Wildman–Crippen LogP) is 4.39. The molecule has 1 aromatic carbocycles. The molecule has 1 aliphatic carbocycles. The van der Waals surface area contributed by atoms with E-state index in [0.29, 0.717) is 35.5 Å². The van der Waals surface area contributed by atoms with E-state index < -0.39 is 0 Å². The number of benzene rings is 1. The summed E-state index contributed by atoms with van der Waals surface area (Å²) in [5, 5.41) is 4.15. The molecule has 0 heterocycles. The number of aryl methyl sites for hydroxylation is 1. The third kappa shape index (κ3) is 6.15. The molecule has 5 heteroatoms. The third-order valence-electron chi connectivity index (χ3n) is 3.94. The molecule has 22 heavy (non-hydrogen) atoms. The van der Waals surface area contributed by atoms with Gasteiger partial charge in [0, 0.05) is 29.6 Å². The maximum Gasteiger partial charge on any atom is 0.220 e. The Morgan fingerprint density at radius 1 is 1.27 bits per heavy atom. The number of carbonyl (C=O) groups is 1. The lowest BCUT2D eigenvalue weighted by Gasteiger charge is -2.11. The first kappa shape index (κ1) is 17.6. The number of hydrogen-bond donors (Lipinski definition) is 1. The second kappa shape index (κ2) is 9.39. The van der Waals surface area contributed by atoms with Gasteiger partial charge in [-0.25, -0.2) is 0 Å². The van der Waals surface area contributed by atoms with Gasteiger partial charge < -0.3 is 10.1 Å². The fraction of sp³-hybridized carbons (Fsp3) is 0.588. The fourth-order valence-corrected chi connectivity index (χ4v) is 3.17. The van der Waals surface area contributed by atoms with Crippen LogP contribution in [-0.2, 0) is 16.0 Å². The highest BCUT2D eigenvalue weighted by molar-refractivity contribution is 6.35. The van der Waals surface area contributed by atoms with Gasteiger partial charge in [-0.15, -0.1) is 0 Å². The molecule has 1 saturated carbocycles. The number of rotatable bonds is 8. The van der Waals surface area contributed by atoms with E-state index in [4.69, 9.17) is 27.9 Å². The van der Waals surface area contributed by atoms with Crippen molar-refractivity contribution in [2.75, 3.05) is 13.2 Å². The minimum atomic E-state index is 0.0480. The summed E-state index contributed by atoms with van der Waals surface area (Å²) >= 11 is 11.9. The van der Waals surface area contributed by atoms with E-state index in [1.54, 1.807) is 12.1 Å². The average molecular weight is 344 g/mol. The highest BCUT2D eigenvalue weighted by atomic mass is 35.5. The third-order valence-corrected chi connectivity index (χ3v) is 4.52. The number of amides is 1. The maximum atomic E-state index is 11.8. The van der Waals surface area contributed by atoms with Gasteiger partial charge in [-0.1, -0.05) is 42.1 Å². The second-order valence-electron chi connectivity index (χ2n) is 5.72. The van der Waals surface area contributed by atoms with Crippen molar-refractivity contribution < 1.29 is 9.53 Å². The van der Waals surface area contributed by atoms with Crippen molar-refractivity contribution in [2.24, 2.45) is 0 Å². The van der Waals surface area contributed by atoms with Gasteiger partial charge in [-0.2, -0.15) is 0 Å². The van der Waals surface area contributed by atoms with Crippen LogP contribution < -0.4 is 5.32 Å². The Hall–Kier alpha value is -0.770. The minimum absolute atomic E-state index is 0.0480. The zero-order valence-electron chi connectivity index (χ0n) is 12.7. The van der Waals surface area contributed by atoms with Crippen molar-refractivity contribution >= 4 is 29.1 Å². The standard InChI is InChI=1S/C17H23Cl2NO2/c18-14-8-6-13(16(19)12-14)7-9-17(21)20-10-3-11-22-15-4-1-2-5-15/h6,8,12,15H,1-5,7,9-11H2,(H,20,21). The molecule has 0 aromatic heterocycles. The highest BCUT2D eigenvalue weighted by Crippen LogP contribution is 2.22. The van der Waals surface area contributed by atoms with Crippen LogP contribution in [0.25, 0.3) is 0 Å². The molecule has 0 radical (unpaired) electrons. The molecule has 0 aliphatic heterocycles. The zero-order chi connectivity index (χ0) is 15.8. The maximum absolute atomic E-state index is 11.8. The quantitative estimate of drug-likeness (QED) is 0.710. The molecule has 0 spiro atoms. The molecular weight excluding hydrogens is 321 g/mol. The normalized spacial score (nSPS) is 15.2. The van der Waals surface area contributed by atoms with Crippen LogP contribution in [0.15, 0.2) is 18.2 Å². The van der Waals surface area contributed by atoms with Gasteiger partial charge in [0.25, 0.3) is 0 Å². The van der Waals surface area contributed by atoms with Gasteiger partial charge in [-0.3, -0.25) is 4.79 Å². The van der Waals surface area contributed by atoms with Crippen LogP contribution in [0.5, 0.6) is 0 Å². The predicted molar refractivity (Wildman–Crippen MR) is 90.6 cm³/mol.